The van der Waals surface area contributed by atoms with Crippen LogP contribution >= 0.6 is 0 Å². The Morgan fingerprint density at radius 1 is 1.08 bits per heavy atom. The molecule has 2 aromatic rings. The Kier molecular flexibility index (Phi) is 4.52. The van der Waals surface area contributed by atoms with Crippen LogP contribution in [0.5, 0.6) is 0 Å². The van der Waals surface area contributed by atoms with Gasteiger partial charge in [0.2, 0.25) is 5.09 Å². The largest absolute Gasteiger partial charge is 0.446 e. The van der Waals surface area contributed by atoms with Crippen molar-refractivity contribution in [1.82, 2.24) is 4.31 Å². The van der Waals surface area contributed by atoms with Crippen LogP contribution in [0, 0.1) is 12.7 Å². The van der Waals surface area contributed by atoms with Crippen LogP contribution in [0.15, 0.2) is 33.8 Å². The van der Waals surface area contributed by atoms with Crippen molar-refractivity contribution in [2.24, 2.45) is 0 Å². The topological polar surface area (TPSA) is 53.8 Å². The first-order chi connectivity index (χ1) is 12.5. The van der Waals surface area contributed by atoms with Crippen LogP contribution in [-0.2, 0) is 23.0 Å². The molecule has 7 heteroatoms. The van der Waals surface area contributed by atoms with E-state index < -0.39 is 10.0 Å². The van der Waals surface area contributed by atoms with Crippen molar-refractivity contribution in [3.8, 4) is 0 Å². The summed E-state index contributed by atoms with van der Waals surface area (Å²) in [5.41, 5.74) is 2.68. The summed E-state index contributed by atoms with van der Waals surface area (Å²) in [4.78, 5) is 2.09. The number of anilines is 1. The second-order valence-electron chi connectivity index (χ2n) is 7.05. The van der Waals surface area contributed by atoms with Gasteiger partial charge in [-0.1, -0.05) is 6.07 Å². The Balaban J connectivity index is 1.59. The molecule has 1 aromatic heterocycles. The highest BCUT2D eigenvalue weighted by atomic mass is 32.2. The van der Waals surface area contributed by atoms with Gasteiger partial charge in [0.1, 0.15) is 11.6 Å². The highest BCUT2D eigenvalue weighted by molar-refractivity contribution is 7.89. The Morgan fingerprint density at radius 3 is 2.62 bits per heavy atom. The first kappa shape index (κ1) is 17.5. The molecule has 2 aliphatic heterocycles. The molecule has 0 spiro atoms. The van der Waals surface area contributed by atoms with E-state index in [1.807, 2.05) is 6.92 Å². The molecule has 4 rings (SSSR count). The van der Waals surface area contributed by atoms with Crippen molar-refractivity contribution >= 4 is 15.7 Å². The molecule has 140 valence electrons. The van der Waals surface area contributed by atoms with Gasteiger partial charge in [0.05, 0.1) is 6.54 Å². The standard InChI is InChI=1S/C19H23FN2O3S/c1-14-6-8-17(20)16-5-4-10-21(19(14)16)13-15-7-9-18(25-15)26(23,24)22-11-2-3-12-22/h6-9H,2-5,10-13H2,1H3. The van der Waals surface area contributed by atoms with E-state index in [0.717, 1.165) is 49.0 Å². The predicted octanol–water partition coefficient (Wildman–Crippen LogP) is 3.46. The van der Waals surface area contributed by atoms with Crippen LogP contribution in [0.1, 0.15) is 36.1 Å². The third-order valence-electron chi connectivity index (χ3n) is 5.24. The maximum atomic E-state index is 14.2. The number of benzene rings is 1. The van der Waals surface area contributed by atoms with E-state index in [9.17, 15) is 12.8 Å². The molecule has 2 aliphatic rings. The number of furan rings is 1. The molecule has 5 nitrogen and oxygen atoms in total. The van der Waals surface area contributed by atoms with Crippen molar-refractivity contribution in [2.45, 2.75) is 44.2 Å². The molecule has 0 amide bonds. The fourth-order valence-electron chi connectivity index (χ4n) is 3.95. The van der Waals surface area contributed by atoms with E-state index in [2.05, 4.69) is 4.90 Å². The fourth-order valence-corrected chi connectivity index (χ4v) is 5.39. The zero-order chi connectivity index (χ0) is 18.3. The normalized spacial score (nSPS) is 18.3. The molecule has 1 aromatic carbocycles. The predicted molar refractivity (Wildman–Crippen MR) is 97.2 cm³/mol. The Morgan fingerprint density at radius 2 is 1.85 bits per heavy atom. The number of hydrogen-bond donors (Lipinski definition) is 0. The van der Waals surface area contributed by atoms with E-state index in [1.165, 1.54) is 16.4 Å². The van der Waals surface area contributed by atoms with Gasteiger partial charge in [0.15, 0.2) is 0 Å². The summed E-state index contributed by atoms with van der Waals surface area (Å²) in [7, 11) is -3.55. The highest BCUT2D eigenvalue weighted by Crippen LogP contribution is 2.34. The minimum absolute atomic E-state index is 0.00240. The van der Waals surface area contributed by atoms with Gasteiger partial charge in [-0.2, -0.15) is 4.31 Å². The Hall–Kier alpha value is -1.86. The smallest absolute Gasteiger partial charge is 0.276 e. The molecule has 0 saturated carbocycles. The first-order valence-corrected chi connectivity index (χ1v) is 10.5. The molecule has 0 atom stereocenters. The molecular formula is C19H23FN2O3S. The summed E-state index contributed by atoms with van der Waals surface area (Å²) >= 11 is 0. The van der Waals surface area contributed by atoms with E-state index in [4.69, 9.17) is 4.42 Å². The van der Waals surface area contributed by atoms with Gasteiger partial charge < -0.3 is 9.32 Å². The number of aryl methyl sites for hydroxylation is 1. The number of hydrogen-bond acceptors (Lipinski definition) is 4. The lowest BCUT2D eigenvalue weighted by atomic mass is 9.97. The summed E-state index contributed by atoms with van der Waals surface area (Å²) in [6.45, 7) is 4.31. The number of rotatable bonds is 4. The van der Waals surface area contributed by atoms with Crippen molar-refractivity contribution < 1.29 is 17.2 Å². The zero-order valence-electron chi connectivity index (χ0n) is 14.9. The van der Waals surface area contributed by atoms with E-state index in [0.29, 0.717) is 25.4 Å². The van der Waals surface area contributed by atoms with E-state index >= 15 is 0 Å². The lowest BCUT2D eigenvalue weighted by molar-refractivity contribution is 0.386. The summed E-state index contributed by atoms with van der Waals surface area (Å²) in [5.74, 6) is 0.409. The average molecular weight is 378 g/mol. The van der Waals surface area contributed by atoms with Crippen LogP contribution in [0.4, 0.5) is 10.1 Å². The van der Waals surface area contributed by atoms with Gasteiger partial charge in [-0.3, -0.25) is 0 Å². The van der Waals surface area contributed by atoms with Crippen molar-refractivity contribution in [2.75, 3.05) is 24.5 Å². The second-order valence-corrected chi connectivity index (χ2v) is 8.92. The molecule has 26 heavy (non-hydrogen) atoms. The van der Waals surface area contributed by atoms with Crippen molar-refractivity contribution in [3.63, 3.8) is 0 Å². The number of fused-ring (bicyclic) bond motifs is 1. The molecular weight excluding hydrogens is 355 g/mol. The van der Waals surface area contributed by atoms with Crippen LogP contribution in [-0.4, -0.2) is 32.4 Å². The van der Waals surface area contributed by atoms with Gasteiger partial charge >= 0.3 is 0 Å². The first-order valence-electron chi connectivity index (χ1n) is 9.08. The summed E-state index contributed by atoms with van der Waals surface area (Å²) in [6.07, 6.45) is 3.38. The molecule has 1 saturated heterocycles. The maximum absolute atomic E-state index is 14.2. The quantitative estimate of drug-likeness (QED) is 0.818. The van der Waals surface area contributed by atoms with E-state index in [-0.39, 0.29) is 10.9 Å². The minimum Gasteiger partial charge on any atom is -0.446 e. The van der Waals surface area contributed by atoms with Gasteiger partial charge in [-0.05, 0) is 56.4 Å². The zero-order valence-corrected chi connectivity index (χ0v) is 15.7. The molecule has 0 unspecified atom stereocenters. The third-order valence-corrected chi connectivity index (χ3v) is 7.01. The number of halogens is 1. The average Bonchev–Trinajstić information content (AvgIpc) is 3.30. The lowest BCUT2D eigenvalue weighted by Crippen LogP contribution is -2.30. The minimum atomic E-state index is -3.55. The molecule has 0 radical (unpaired) electrons. The third kappa shape index (κ3) is 3.03. The van der Waals surface area contributed by atoms with Crippen LogP contribution in [0.2, 0.25) is 0 Å². The lowest BCUT2D eigenvalue weighted by Gasteiger charge is -2.32. The molecule has 1 fully saturated rings. The van der Waals surface area contributed by atoms with Crippen LogP contribution in [0.3, 0.4) is 0 Å². The Bertz CT molecular complexity index is 917. The second kappa shape index (κ2) is 6.70. The fraction of sp³-hybridized carbons (Fsp3) is 0.474. The highest BCUT2D eigenvalue weighted by Gasteiger charge is 2.30. The van der Waals surface area contributed by atoms with Crippen LogP contribution < -0.4 is 4.90 Å². The van der Waals surface area contributed by atoms with Gasteiger partial charge in [-0.25, -0.2) is 12.8 Å². The molecule has 0 aliphatic carbocycles. The van der Waals surface area contributed by atoms with Crippen molar-refractivity contribution in [1.29, 1.82) is 0 Å². The molecule has 0 N–H and O–H groups in total. The van der Waals surface area contributed by atoms with Gasteiger partial charge in [-0.15, -0.1) is 0 Å². The summed E-state index contributed by atoms with van der Waals surface area (Å²) < 4.78 is 46.5. The van der Waals surface area contributed by atoms with Gasteiger partial charge in [0, 0.05) is 30.9 Å². The number of sulfonamides is 1. The monoisotopic (exact) mass is 378 g/mol. The summed E-state index contributed by atoms with van der Waals surface area (Å²) in [6, 6.07) is 6.56. The van der Waals surface area contributed by atoms with Crippen molar-refractivity contribution in [3.05, 3.63) is 47.0 Å². The summed E-state index contributed by atoms with van der Waals surface area (Å²) in [5, 5.41) is 0.00240. The SMILES string of the molecule is Cc1ccc(F)c2c1N(Cc1ccc(S(=O)(=O)N3CCCC3)o1)CCC2. The van der Waals surface area contributed by atoms with Gasteiger partial charge in [0.25, 0.3) is 10.0 Å². The van der Waals surface area contributed by atoms with E-state index in [1.54, 1.807) is 12.1 Å². The Labute approximate surface area is 153 Å². The number of nitrogens with zero attached hydrogens (tertiary/aromatic N) is 2. The molecule has 3 heterocycles. The maximum Gasteiger partial charge on any atom is 0.276 e. The van der Waals surface area contributed by atoms with Crippen LogP contribution in [0.25, 0.3) is 0 Å². The molecule has 0 bridgehead atoms.